The zero-order valence-electron chi connectivity index (χ0n) is 13.4. The molecule has 4 fully saturated rings. The summed E-state index contributed by atoms with van der Waals surface area (Å²) in [5.74, 6) is 2.82. The predicted molar refractivity (Wildman–Crippen MR) is 88.8 cm³/mol. The molecule has 4 saturated carbocycles. The van der Waals surface area contributed by atoms with E-state index >= 15 is 0 Å². The minimum Gasteiger partial charge on any atom is -0.337 e. The van der Waals surface area contributed by atoms with E-state index in [0.29, 0.717) is 5.41 Å². The van der Waals surface area contributed by atoms with Crippen molar-refractivity contribution in [2.45, 2.75) is 38.5 Å². The van der Waals surface area contributed by atoms with Gasteiger partial charge in [-0.2, -0.15) is 0 Å². The van der Waals surface area contributed by atoms with Gasteiger partial charge in [-0.3, -0.25) is 4.90 Å². The number of carbonyl (C=O) groups is 1. The maximum atomic E-state index is 12.5. The number of hydrogen-bond donors (Lipinski definition) is 1. The maximum absolute atomic E-state index is 12.5. The van der Waals surface area contributed by atoms with Gasteiger partial charge in [0, 0.05) is 19.3 Å². The third kappa shape index (κ3) is 2.51. The molecule has 118 valence electrons. The molecule has 4 bridgehead atoms. The quantitative estimate of drug-likeness (QED) is 0.897. The summed E-state index contributed by atoms with van der Waals surface area (Å²) in [6, 6.07) is 9.90. The molecule has 0 radical (unpaired) electrons. The van der Waals surface area contributed by atoms with Gasteiger partial charge in [-0.05, 0) is 73.8 Å². The molecule has 0 heterocycles. The van der Waals surface area contributed by atoms with Gasteiger partial charge in [0.15, 0.2) is 0 Å². The Bertz CT molecular complexity index is 519. The Hall–Kier alpha value is -1.51. The van der Waals surface area contributed by atoms with Gasteiger partial charge in [0.1, 0.15) is 0 Å². The minimum absolute atomic E-state index is 0.0296. The van der Waals surface area contributed by atoms with E-state index in [1.54, 1.807) is 4.90 Å². The van der Waals surface area contributed by atoms with Crippen LogP contribution < -0.4 is 10.2 Å². The fourth-order valence-electron chi connectivity index (χ4n) is 5.66. The lowest BCUT2D eigenvalue weighted by atomic mass is 9.49. The first-order valence-electron chi connectivity index (χ1n) is 8.70. The van der Waals surface area contributed by atoms with Crippen LogP contribution in [0.2, 0.25) is 0 Å². The molecule has 1 aromatic rings. The zero-order chi connectivity index (χ0) is 15.2. The Morgan fingerprint density at radius 1 is 1.09 bits per heavy atom. The molecule has 0 spiro atoms. The van der Waals surface area contributed by atoms with Crippen LogP contribution in [0.3, 0.4) is 0 Å². The number of carbonyl (C=O) groups excluding carboxylic acids is 1. The number of amides is 2. The van der Waals surface area contributed by atoms with Gasteiger partial charge in [-0.15, -0.1) is 0 Å². The van der Waals surface area contributed by atoms with Crippen molar-refractivity contribution in [3.05, 3.63) is 30.3 Å². The summed E-state index contributed by atoms with van der Waals surface area (Å²) in [6.07, 6.45) is 8.39. The second kappa shape index (κ2) is 5.29. The van der Waals surface area contributed by atoms with Crippen LogP contribution >= 0.6 is 0 Å². The Balaban J connectivity index is 1.39. The normalized spacial score (nSPS) is 35.4. The molecule has 1 N–H and O–H groups in total. The lowest BCUT2D eigenvalue weighted by Crippen LogP contribution is -2.52. The minimum atomic E-state index is 0.0296. The second-order valence-electron chi connectivity index (χ2n) is 7.97. The molecule has 5 rings (SSSR count). The smallest absolute Gasteiger partial charge is 0.321 e. The molecule has 0 atom stereocenters. The molecule has 22 heavy (non-hydrogen) atoms. The van der Waals surface area contributed by atoms with Gasteiger partial charge in [0.2, 0.25) is 0 Å². The number of benzene rings is 1. The third-order valence-corrected chi connectivity index (χ3v) is 6.23. The average molecular weight is 298 g/mol. The summed E-state index contributed by atoms with van der Waals surface area (Å²) in [4.78, 5) is 14.2. The Labute approximate surface area is 133 Å². The van der Waals surface area contributed by atoms with Gasteiger partial charge in [-0.1, -0.05) is 18.2 Å². The van der Waals surface area contributed by atoms with Crippen LogP contribution in [0.4, 0.5) is 10.5 Å². The van der Waals surface area contributed by atoms with Crippen molar-refractivity contribution in [3.63, 3.8) is 0 Å². The Morgan fingerprint density at radius 2 is 1.64 bits per heavy atom. The highest BCUT2D eigenvalue weighted by atomic mass is 16.2. The van der Waals surface area contributed by atoms with Crippen molar-refractivity contribution in [1.29, 1.82) is 0 Å². The van der Waals surface area contributed by atoms with E-state index in [0.717, 1.165) is 30.0 Å². The van der Waals surface area contributed by atoms with E-state index < -0.39 is 0 Å². The molecule has 2 amide bonds. The van der Waals surface area contributed by atoms with Crippen LogP contribution in [0.5, 0.6) is 0 Å². The number of rotatable bonds is 3. The molecule has 1 aromatic carbocycles. The summed E-state index contributed by atoms with van der Waals surface area (Å²) >= 11 is 0. The van der Waals surface area contributed by atoms with Crippen molar-refractivity contribution in [1.82, 2.24) is 5.32 Å². The van der Waals surface area contributed by atoms with Crippen LogP contribution in [0, 0.1) is 23.2 Å². The largest absolute Gasteiger partial charge is 0.337 e. The number of para-hydroxylation sites is 1. The fourth-order valence-corrected chi connectivity index (χ4v) is 5.66. The molecule has 0 aliphatic heterocycles. The monoisotopic (exact) mass is 298 g/mol. The summed E-state index contributed by atoms with van der Waals surface area (Å²) < 4.78 is 0. The van der Waals surface area contributed by atoms with Gasteiger partial charge in [0.05, 0.1) is 0 Å². The Morgan fingerprint density at radius 3 is 2.18 bits per heavy atom. The topological polar surface area (TPSA) is 32.3 Å². The van der Waals surface area contributed by atoms with Crippen molar-refractivity contribution in [2.24, 2.45) is 23.2 Å². The summed E-state index contributed by atoms with van der Waals surface area (Å²) in [7, 11) is 1.85. The van der Waals surface area contributed by atoms with Crippen LogP contribution in [0.1, 0.15) is 38.5 Å². The van der Waals surface area contributed by atoms with Crippen molar-refractivity contribution in [3.8, 4) is 0 Å². The molecule has 4 aliphatic carbocycles. The van der Waals surface area contributed by atoms with E-state index in [1.165, 1.54) is 38.5 Å². The summed E-state index contributed by atoms with van der Waals surface area (Å²) in [6.45, 7) is 0.868. The lowest BCUT2D eigenvalue weighted by Gasteiger charge is -2.56. The molecule has 0 aromatic heterocycles. The predicted octanol–water partition coefficient (Wildman–Crippen LogP) is 4.05. The zero-order valence-corrected chi connectivity index (χ0v) is 13.4. The molecule has 0 saturated heterocycles. The highest BCUT2D eigenvalue weighted by Gasteiger charge is 2.50. The molecule has 4 aliphatic rings. The first-order chi connectivity index (χ1) is 10.6. The molecule has 3 nitrogen and oxygen atoms in total. The van der Waals surface area contributed by atoms with E-state index in [4.69, 9.17) is 0 Å². The van der Waals surface area contributed by atoms with E-state index in [2.05, 4.69) is 5.32 Å². The maximum Gasteiger partial charge on any atom is 0.321 e. The Kier molecular flexibility index (Phi) is 3.39. The molecule has 3 heteroatoms. The van der Waals surface area contributed by atoms with Gasteiger partial charge >= 0.3 is 6.03 Å². The van der Waals surface area contributed by atoms with E-state index in [-0.39, 0.29) is 6.03 Å². The third-order valence-electron chi connectivity index (χ3n) is 6.23. The highest BCUT2D eigenvalue weighted by Crippen LogP contribution is 2.59. The van der Waals surface area contributed by atoms with E-state index in [9.17, 15) is 4.79 Å². The van der Waals surface area contributed by atoms with Crippen molar-refractivity contribution in [2.75, 3.05) is 18.5 Å². The van der Waals surface area contributed by atoms with Crippen LogP contribution in [-0.2, 0) is 0 Å². The van der Waals surface area contributed by atoms with Crippen molar-refractivity contribution >= 4 is 11.7 Å². The van der Waals surface area contributed by atoms with Gasteiger partial charge in [-0.25, -0.2) is 4.79 Å². The first-order valence-corrected chi connectivity index (χ1v) is 8.70. The summed E-state index contributed by atoms with van der Waals surface area (Å²) in [5, 5.41) is 3.22. The van der Waals surface area contributed by atoms with Crippen LogP contribution in [0.15, 0.2) is 30.3 Å². The SMILES string of the molecule is CN(C(=O)NCC12CC3CC(CC(C3)C1)C2)c1ccccc1. The lowest BCUT2D eigenvalue weighted by molar-refractivity contribution is -0.0497. The van der Waals surface area contributed by atoms with Crippen LogP contribution in [0.25, 0.3) is 0 Å². The highest BCUT2D eigenvalue weighted by molar-refractivity contribution is 5.91. The first kappa shape index (κ1) is 14.1. The number of hydrogen-bond acceptors (Lipinski definition) is 1. The standard InChI is InChI=1S/C19H26N2O/c1-21(17-5-3-2-4-6-17)18(22)20-13-19-10-14-7-15(11-19)9-16(8-14)12-19/h2-6,14-16H,7-13H2,1H3,(H,20,22). The number of nitrogens with zero attached hydrogens (tertiary/aromatic N) is 1. The number of urea groups is 1. The average Bonchev–Trinajstić information content (AvgIpc) is 2.51. The van der Waals surface area contributed by atoms with Gasteiger partial charge < -0.3 is 5.32 Å². The van der Waals surface area contributed by atoms with E-state index in [1.807, 2.05) is 37.4 Å². The molecular weight excluding hydrogens is 272 g/mol. The van der Waals surface area contributed by atoms with Crippen LogP contribution in [-0.4, -0.2) is 19.6 Å². The summed E-state index contributed by atoms with van der Waals surface area (Å²) in [5.41, 5.74) is 1.35. The number of anilines is 1. The molecular formula is C19H26N2O. The molecule has 0 unspecified atom stereocenters. The van der Waals surface area contributed by atoms with Crippen molar-refractivity contribution < 1.29 is 4.79 Å². The van der Waals surface area contributed by atoms with Gasteiger partial charge in [0.25, 0.3) is 0 Å². The fraction of sp³-hybridized carbons (Fsp3) is 0.632. The second-order valence-corrected chi connectivity index (χ2v) is 7.97. The number of nitrogens with one attached hydrogen (secondary N) is 1.